The fourth-order valence-electron chi connectivity index (χ4n) is 5.50. The monoisotopic (exact) mass is 597 g/mol. The summed E-state index contributed by atoms with van der Waals surface area (Å²) in [5.41, 5.74) is 3.79. The van der Waals surface area contributed by atoms with Crippen LogP contribution in [0.15, 0.2) is 114 Å². The van der Waals surface area contributed by atoms with Crippen molar-refractivity contribution in [3.8, 4) is 5.75 Å². The Morgan fingerprint density at radius 1 is 0.767 bits per heavy atom. The van der Waals surface area contributed by atoms with Crippen LogP contribution in [0, 0.1) is 0 Å². The van der Waals surface area contributed by atoms with Gasteiger partial charge in [0.25, 0.3) is 5.91 Å². The number of amides is 1. The molecule has 0 aromatic heterocycles. The molecule has 1 N–H and O–H groups in total. The third kappa shape index (κ3) is 7.33. The van der Waals surface area contributed by atoms with Crippen LogP contribution in [-0.4, -0.2) is 56.3 Å². The number of nitrogens with zero attached hydrogens (tertiary/aromatic N) is 2. The number of ether oxygens (including phenoxy) is 1. The number of rotatable bonds is 9. The Morgan fingerprint density at radius 3 is 1.86 bits per heavy atom. The molecule has 0 unspecified atom stereocenters. The van der Waals surface area contributed by atoms with Gasteiger partial charge in [0, 0.05) is 31.9 Å². The van der Waals surface area contributed by atoms with Gasteiger partial charge in [0.2, 0.25) is 10.0 Å². The van der Waals surface area contributed by atoms with Gasteiger partial charge in [0.05, 0.1) is 10.9 Å². The molecule has 224 valence electrons. The van der Waals surface area contributed by atoms with E-state index < -0.39 is 10.0 Å². The Labute approximate surface area is 255 Å². The highest BCUT2D eigenvalue weighted by Crippen LogP contribution is 2.32. The molecule has 1 aliphatic rings. The summed E-state index contributed by atoms with van der Waals surface area (Å²) in [6.07, 6.45) is 0. The predicted molar refractivity (Wildman–Crippen MR) is 171 cm³/mol. The van der Waals surface area contributed by atoms with Gasteiger partial charge in [-0.2, -0.15) is 4.31 Å². The molecule has 1 aliphatic heterocycles. The fraction of sp³-hybridized carbons (Fsp3) is 0.286. The molecule has 5 rings (SSSR count). The van der Waals surface area contributed by atoms with E-state index in [-0.39, 0.29) is 28.9 Å². The highest BCUT2D eigenvalue weighted by atomic mass is 32.2. The number of piperazine rings is 1. The summed E-state index contributed by atoms with van der Waals surface area (Å²) in [6, 6.07) is 34.7. The topological polar surface area (TPSA) is 78.9 Å². The Balaban J connectivity index is 1.19. The molecule has 0 spiro atoms. The summed E-state index contributed by atoms with van der Waals surface area (Å²) in [6.45, 7) is 8.14. The number of sulfonamides is 1. The Kier molecular flexibility index (Phi) is 9.30. The van der Waals surface area contributed by atoms with Crippen LogP contribution in [0.2, 0.25) is 0 Å². The summed E-state index contributed by atoms with van der Waals surface area (Å²) in [4.78, 5) is 15.1. The molecule has 0 atom stereocenters. The highest BCUT2D eigenvalue weighted by Gasteiger charge is 2.32. The molecule has 43 heavy (non-hydrogen) atoms. The van der Waals surface area contributed by atoms with E-state index in [4.69, 9.17) is 4.74 Å². The quantitative estimate of drug-likeness (QED) is 0.252. The molecule has 7 nitrogen and oxygen atoms in total. The second-order valence-electron chi connectivity index (χ2n) is 11.8. The number of carbonyl (C=O) groups is 1. The number of benzene rings is 4. The van der Waals surface area contributed by atoms with E-state index in [1.54, 1.807) is 28.6 Å². The average Bonchev–Trinajstić information content (AvgIpc) is 3.01. The maximum absolute atomic E-state index is 13.5. The maximum Gasteiger partial charge on any atom is 0.262 e. The lowest BCUT2D eigenvalue weighted by molar-refractivity contribution is -0.118. The number of anilines is 1. The van der Waals surface area contributed by atoms with Gasteiger partial charge in [-0.3, -0.25) is 9.69 Å². The summed E-state index contributed by atoms with van der Waals surface area (Å²) in [7, 11) is -3.68. The van der Waals surface area contributed by atoms with Crippen molar-refractivity contribution in [2.45, 2.75) is 37.1 Å². The third-order valence-corrected chi connectivity index (χ3v) is 9.61. The minimum Gasteiger partial charge on any atom is -0.483 e. The molecule has 8 heteroatoms. The Morgan fingerprint density at radius 2 is 1.30 bits per heavy atom. The van der Waals surface area contributed by atoms with Gasteiger partial charge in [-0.05, 0) is 52.4 Å². The van der Waals surface area contributed by atoms with Crippen molar-refractivity contribution >= 4 is 21.6 Å². The average molecular weight is 598 g/mol. The van der Waals surface area contributed by atoms with Crippen molar-refractivity contribution < 1.29 is 17.9 Å². The first-order chi connectivity index (χ1) is 20.6. The summed E-state index contributed by atoms with van der Waals surface area (Å²) in [5, 5.41) is 2.80. The summed E-state index contributed by atoms with van der Waals surface area (Å²) < 4.78 is 34.4. The second kappa shape index (κ2) is 13.1. The van der Waals surface area contributed by atoms with Crippen molar-refractivity contribution in [3.63, 3.8) is 0 Å². The van der Waals surface area contributed by atoms with Crippen molar-refractivity contribution in [1.29, 1.82) is 0 Å². The first kappa shape index (κ1) is 30.5. The lowest BCUT2D eigenvalue weighted by Gasteiger charge is -2.39. The first-order valence-electron chi connectivity index (χ1n) is 14.6. The molecule has 0 bridgehead atoms. The molecular formula is C35H39N3O4S. The van der Waals surface area contributed by atoms with E-state index in [1.165, 1.54) is 11.1 Å². The zero-order valence-corrected chi connectivity index (χ0v) is 25.8. The largest absolute Gasteiger partial charge is 0.483 e. The molecular weight excluding hydrogens is 558 g/mol. The van der Waals surface area contributed by atoms with Crippen molar-refractivity contribution in [2.24, 2.45) is 0 Å². The van der Waals surface area contributed by atoms with Gasteiger partial charge in [-0.1, -0.05) is 99.6 Å². The summed E-state index contributed by atoms with van der Waals surface area (Å²) in [5.74, 6) is 0.354. The number of carbonyl (C=O) groups excluding carboxylic acids is 1. The van der Waals surface area contributed by atoms with Crippen molar-refractivity contribution in [2.75, 3.05) is 38.1 Å². The van der Waals surface area contributed by atoms with Gasteiger partial charge < -0.3 is 10.1 Å². The Hall–Kier alpha value is -3.98. The van der Waals surface area contributed by atoms with E-state index >= 15 is 0 Å². The zero-order chi connectivity index (χ0) is 30.5. The smallest absolute Gasteiger partial charge is 0.262 e. The van der Waals surface area contributed by atoms with Crippen molar-refractivity contribution in [1.82, 2.24) is 9.21 Å². The molecule has 1 fully saturated rings. The maximum atomic E-state index is 13.5. The fourth-order valence-corrected chi connectivity index (χ4v) is 6.92. The Bertz CT molecular complexity index is 1570. The SMILES string of the molecule is CC(C)(C)c1ccccc1OCC(=O)Nc1ccc(S(=O)(=O)N2CCN(C(c3ccccc3)c3ccccc3)CC2)cc1. The highest BCUT2D eigenvalue weighted by molar-refractivity contribution is 7.89. The molecule has 4 aromatic carbocycles. The van der Waals surface area contributed by atoms with Crippen molar-refractivity contribution in [3.05, 3.63) is 126 Å². The standard InChI is InChI=1S/C35H39N3O4S/c1-35(2,3)31-16-10-11-17-32(31)42-26-33(39)36-29-18-20-30(21-19-29)43(40,41)38-24-22-37(23-25-38)34(27-12-6-4-7-13-27)28-14-8-5-9-15-28/h4-21,34H,22-26H2,1-3H3,(H,36,39). The van der Waals surface area contributed by atoms with Gasteiger partial charge >= 0.3 is 0 Å². The van der Waals surface area contributed by atoms with E-state index in [0.717, 1.165) is 5.56 Å². The molecule has 1 saturated heterocycles. The first-order valence-corrected chi connectivity index (χ1v) is 16.0. The number of hydrogen-bond donors (Lipinski definition) is 1. The van der Waals surface area contributed by atoms with Crippen LogP contribution < -0.4 is 10.1 Å². The van der Waals surface area contributed by atoms with E-state index in [1.807, 2.05) is 60.7 Å². The van der Waals surface area contributed by atoms with E-state index in [0.29, 0.717) is 37.6 Å². The van der Waals surface area contributed by atoms with Gasteiger partial charge in [-0.25, -0.2) is 8.42 Å². The van der Waals surface area contributed by atoms with E-state index in [9.17, 15) is 13.2 Å². The zero-order valence-electron chi connectivity index (χ0n) is 24.9. The van der Waals surface area contributed by atoms with Crippen LogP contribution in [-0.2, 0) is 20.2 Å². The molecule has 0 aliphatic carbocycles. The van der Waals surface area contributed by atoms with Crippen LogP contribution in [0.1, 0.15) is 43.5 Å². The molecule has 0 saturated carbocycles. The minimum absolute atomic E-state index is 0.0565. The predicted octanol–water partition coefficient (Wildman–Crippen LogP) is 6.10. The van der Waals surface area contributed by atoms with Crippen LogP contribution in [0.3, 0.4) is 0 Å². The van der Waals surface area contributed by atoms with Crippen LogP contribution >= 0.6 is 0 Å². The lowest BCUT2D eigenvalue weighted by atomic mass is 9.86. The van der Waals surface area contributed by atoms with Gasteiger partial charge in [0.1, 0.15) is 5.75 Å². The normalized spacial score (nSPS) is 14.9. The summed E-state index contributed by atoms with van der Waals surface area (Å²) >= 11 is 0. The molecule has 4 aromatic rings. The molecule has 1 amide bonds. The molecule has 0 radical (unpaired) electrons. The van der Waals surface area contributed by atoms with Gasteiger partial charge in [0.15, 0.2) is 6.61 Å². The number of para-hydroxylation sites is 1. The van der Waals surface area contributed by atoms with Crippen LogP contribution in [0.4, 0.5) is 5.69 Å². The number of hydrogen-bond acceptors (Lipinski definition) is 5. The van der Waals surface area contributed by atoms with E-state index in [2.05, 4.69) is 55.3 Å². The third-order valence-electron chi connectivity index (χ3n) is 7.70. The van der Waals surface area contributed by atoms with Gasteiger partial charge in [-0.15, -0.1) is 0 Å². The van der Waals surface area contributed by atoms with Crippen LogP contribution in [0.5, 0.6) is 5.75 Å². The number of nitrogens with one attached hydrogen (secondary N) is 1. The minimum atomic E-state index is -3.68. The molecule has 1 heterocycles. The lowest BCUT2D eigenvalue weighted by Crippen LogP contribution is -2.49. The van der Waals surface area contributed by atoms with Crippen LogP contribution in [0.25, 0.3) is 0 Å². The second-order valence-corrected chi connectivity index (χ2v) is 13.7.